The predicted molar refractivity (Wildman–Crippen MR) is 278 cm³/mol. The molecule has 0 aliphatic heterocycles. The Hall–Kier alpha value is -1.67. The molecule has 0 atom stereocenters. The topological polar surface area (TPSA) is 245 Å². The Morgan fingerprint density at radius 1 is 0.416 bits per heavy atom. The molecule has 0 amide bonds. The molecular formula is C46H79ClF21N6NaO11S3. The zero-order chi connectivity index (χ0) is 70.4. The van der Waals surface area contributed by atoms with Crippen LogP contribution in [-0.2, 0) is 39.7 Å². The van der Waals surface area contributed by atoms with Crippen LogP contribution in [-0.4, -0.2) is 217 Å². The molecule has 89 heavy (non-hydrogen) atoms. The molecule has 17 nitrogen and oxygen atoms in total. The van der Waals surface area contributed by atoms with E-state index in [0.717, 1.165) is 0 Å². The minimum atomic E-state index is -6.08. The van der Waals surface area contributed by atoms with Gasteiger partial charge in [0.25, 0.3) is 17.0 Å². The largest absolute Gasteiger partial charge is 1.00 e. The van der Waals surface area contributed by atoms with Crippen molar-refractivity contribution in [3.05, 3.63) is 5.21 Å². The molecule has 0 fully saturated rings. The second-order valence-corrected chi connectivity index (χ2v) is 27.4. The van der Waals surface area contributed by atoms with E-state index in [9.17, 15) is 133 Å². The number of aliphatic carboxylic acids is 2. The number of nitrogens with one attached hydrogen (secondary N) is 3. The molecule has 0 aliphatic carbocycles. The molecule has 0 aromatic carbocycles. The first-order chi connectivity index (χ1) is 39.1. The summed E-state index contributed by atoms with van der Waals surface area (Å²) in [6.45, 7) is 1.34. The molecule has 0 unspecified atom stereocenters. The van der Waals surface area contributed by atoms with E-state index in [2.05, 4.69) is 25.8 Å². The van der Waals surface area contributed by atoms with Gasteiger partial charge in [-0.25, -0.2) is 52.6 Å². The SMILES string of the molecule is CN(C)CCCNS(=O)(=O)CCCCCCC(F)(C(F)(F)F)C(F)(F)F.C[N+](C)(CCCNS(=O)(=O)CCCCCCC(F)(C(F)(F)F)C(F)(F)F)CC(=O)[O-].C[N+](C)([O-])CCCNS(=O)(=O)CCCCCCC(F)(C(F)(F)F)C(F)(F)F.O=C([O-])CCl.[Na+]. The maximum atomic E-state index is 13.4. The van der Waals surface area contributed by atoms with E-state index in [-0.39, 0.29) is 142 Å². The number of quaternary nitrogens is 2. The van der Waals surface area contributed by atoms with Gasteiger partial charge in [-0.3, -0.25) is 0 Å². The molecule has 0 aromatic heterocycles. The van der Waals surface area contributed by atoms with Crippen molar-refractivity contribution in [1.82, 2.24) is 19.1 Å². The fraction of sp³-hybridized carbons (Fsp3) is 0.957. The van der Waals surface area contributed by atoms with E-state index < -0.39 is 145 Å². The van der Waals surface area contributed by atoms with Crippen molar-refractivity contribution in [1.29, 1.82) is 0 Å². The third-order valence-corrected chi connectivity index (χ3v) is 16.6. The number of sulfonamides is 3. The van der Waals surface area contributed by atoms with Crippen LogP contribution in [0.1, 0.15) is 116 Å². The van der Waals surface area contributed by atoms with Gasteiger partial charge in [-0.1, -0.05) is 38.5 Å². The zero-order valence-electron chi connectivity index (χ0n) is 49.9. The summed E-state index contributed by atoms with van der Waals surface area (Å²) in [6.07, 6.45) is -42.7. The average Bonchev–Trinajstić information content (AvgIpc) is 1.60. The molecule has 0 saturated heterocycles. The van der Waals surface area contributed by atoms with Crippen molar-refractivity contribution < 1.29 is 176 Å². The number of hydroxylamine groups is 3. The first kappa shape index (κ1) is 96.0. The number of nitrogens with zero attached hydrogens (tertiary/aromatic N) is 3. The Bertz CT molecular complexity index is 2270. The number of alkyl halides is 22. The van der Waals surface area contributed by atoms with Crippen molar-refractivity contribution in [2.45, 2.75) is 170 Å². The molecule has 0 aromatic rings. The second kappa shape index (κ2) is 41.3. The standard InChI is InChI=1S/C16H27F7N2O4S.C14H25F7N2O3S.C14H25F7N2O2S.C2H3ClO2.Na/c1-25(2,12-13(26)27)10-7-9-24-30(28,29)11-6-4-3-5-8-14(17,15(18,19)20)16(21,22)23;1-23(2,24)10-7-9-22-27(25,26)11-6-4-3-5-8-12(15,13(16,17)18)14(19,20)21;1-23(2)10-7-9-22-26(24,25)11-6-4-3-5-8-12(15,13(16,17)18)14(19,20)21;3-1-2(4)5;/h24H,3-12H2,1-2H3;22H,3-11H2,1-2H3;22H,3-11H2,1-2H3;1H2,(H,4,5);/q;;;;+1/p-1. The maximum absolute atomic E-state index is 13.4. The number of carboxylic acids is 2. The molecule has 0 radical (unpaired) electrons. The number of hydrogen-bond acceptors (Lipinski definition) is 12. The van der Waals surface area contributed by atoms with Crippen molar-refractivity contribution in [3.8, 4) is 0 Å². The van der Waals surface area contributed by atoms with E-state index in [1.807, 2.05) is 19.0 Å². The van der Waals surface area contributed by atoms with Crippen LogP contribution in [0.15, 0.2) is 0 Å². The number of rotatable bonds is 39. The Balaban J connectivity index is -0.000000379. The summed E-state index contributed by atoms with van der Waals surface area (Å²) in [7, 11) is -1.17. The van der Waals surface area contributed by atoms with Crippen LogP contribution in [0.5, 0.6) is 0 Å². The molecule has 532 valence electrons. The minimum Gasteiger partial charge on any atom is -0.633 e. The van der Waals surface area contributed by atoms with E-state index in [1.54, 1.807) is 14.1 Å². The fourth-order valence-electron chi connectivity index (χ4n) is 7.07. The molecule has 0 rings (SSSR count). The molecular weight excluding hydrogens is 1370 g/mol. The van der Waals surface area contributed by atoms with E-state index in [1.165, 1.54) is 14.1 Å². The quantitative estimate of drug-likeness (QED) is 0.0180. The van der Waals surface area contributed by atoms with E-state index >= 15 is 0 Å². The first-order valence-corrected chi connectivity index (χ1v) is 32.0. The molecule has 0 bridgehead atoms. The van der Waals surface area contributed by atoms with E-state index in [0.29, 0.717) is 32.4 Å². The normalized spacial score (nSPS) is 13.8. The summed E-state index contributed by atoms with van der Waals surface area (Å²) in [5.41, 5.74) is -15.8. The zero-order valence-corrected chi connectivity index (χ0v) is 55.1. The Labute approximate surface area is 532 Å². The minimum absolute atomic E-state index is 0. The third-order valence-electron chi connectivity index (χ3n) is 12.0. The number of carboxylic acid groups (broad SMARTS) is 2. The van der Waals surface area contributed by atoms with Crippen LogP contribution in [0, 0.1) is 5.21 Å². The van der Waals surface area contributed by atoms with Gasteiger partial charge >= 0.3 is 66.6 Å². The molecule has 0 aliphatic rings. The summed E-state index contributed by atoms with van der Waals surface area (Å²) in [4.78, 5) is 21.6. The van der Waals surface area contributed by atoms with Gasteiger partial charge in [0.2, 0.25) is 30.1 Å². The van der Waals surface area contributed by atoms with E-state index in [4.69, 9.17) is 9.90 Å². The predicted octanol–water partition coefficient (Wildman–Crippen LogP) is 5.18. The van der Waals surface area contributed by atoms with Gasteiger partial charge < -0.3 is 39.0 Å². The van der Waals surface area contributed by atoms with Crippen LogP contribution in [0.3, 0.4) is 0 Å². The second-order valence-electron chi connectivity index (χ2n) is 21.4. The van der Waals surface area contributed by atoms with Crippen LogP contribution in [0.25, 0.3) is 0 Å². The molecule has 0 spiro atoms. The number of likely N-dealkylation sites (N-methyl/N-ethyl adjacent to an activating group) is 1. The van der Waals surface area contributed by atoms with Gasteiger partial charge in [-0.05, 0) is 84.8 Å². The Kier molecular flexibility index (Phi) is 44.6. The Morgan fingerprint density at radius 3 is 0.865 bits per heavy atom. The Morgan fingerprint density at radius 2 is 0.652 bits per heavy atom. The number of halogens is 22. The maximum Gasteiger partial charge on any atom is 1.00 e. The summed E-state index contributed by atoms with van der Waals surface area (Å²) in [5, 5.41) is 31.0. The number of unbranched alkanes of at least 4 members (excludes halogenated alkanes) is 9. The van der Waals surface area contributed by atoms with Gasteiger partial charge in [0.15, 0.2) is 0 Å². The van der Waals surface area contributed by atoms with Crippen molar-refractivity contribution in [2.75, 3.05) is 111 Å². The summed E-state index contributed by atoms with van der Waals surface area (Å²) in [5.74, 6) is -3.91. The average molecular weight is 1450 g/mol. The van der Waals surface area contributed by atoms with Gasteiger partial charge in [-0.15, -0.1) is 11.6 Å². The first-order valence-electron chi connectivity index (χ1n) is 26.5. The van der Waals surface area contributed by atoms with Gasteiger partial charge in [0.05, 0.1) is 76.4 Å². The summed E-state index contributed by atoms with van der Waals surface area (Å²) >= 11 is 4.67. The van der Waals surface area contributed by atoms with Crippen molar-refractivity contribution in [2.24, 2.45) is 0 Å². The van der Waals surface area contributed by atoms with Crippen LogP contribution in [0.2, 0.25) is 0 Å². The van der Waals surface area contributed by atoms with Crippen LogP contribution < -0.4 is 53.9 Å². The molecule has 0 heterocycles. The number of hydrogen-bond donors (Lipinski definition) is 3. The van der Waals surface area contributed by atoms with Crippen molar-refractivity contribution >= 4 is 53.6 Å². The molecule has 0 saturated carbocycles. The fourth-order valence-corrected chi connectivity index (χ4v) is 10.6. The number of carbonyl (C=O) groups excluding carboxylic acids is 2. The van der Waals surface area contributed by atoms with Gasteiger partial charge in [0.1, 0.15) is 6.54 Å². The molecule has 43 heteroatoms. The van der Waals surface area contributed by atoms with Crippen molar-refractivity contribution in [3.63, 3.8) is 0 Å². The van der Waals surface area contributed by atoms with Crippen LogP contribution >= 0.6 is 11.6 Å². The van der Waals surface area contributed by atoms with Crippen LogP contribution in [0.4, 0.5) is 92.2 Å². The van der Waals surface area contributed by atoms with Gasteiger partial charge in [-0.2, -0.15) is 79.0 Å². The third kappa shape index (κ3) is 43.8. The number of carbonyl (C=O) groups is 2. The smallest absolute Gasteiger partial charge is 0.633 e. The molecule has 3 N–H and O–H groups in total. The summed E-state index contributed by atoms with van der Waals surface area (Å²) in [6, 6.07) is 0. The monoisotopic (exact) mass is 1440 g/mol. The summed E-state index contributed by atoms with van der Waals surface area (Å²) < 4.78 is 339. The van der Waals surface area contributed by atoms with Gasteiger partial charge in [0, 0.05) is 32.5 Å².